The second kappa shape index (κ2) is 4.55. The monoisotopic (exact) mass is 187 g/mol. The smallest absolute Gasteiger partial charge is 0.303 e. The molecular weight excluding hydrogens is 170 g/mol. The highest BCUT2D eigenvalue weighted by Crippen LogP contribution is 2.08. The summed E-state index contributed by atoms with van der Waals surface area (Å²) in [5.74, 6) is -0.783. The molecule has 1 rings (SSSR count). The van der Waals surface area contributed by atoms with Crippen LogP contribution in [-0.2, 0) is 4.79 Å². The minimum absolute atomic E-state index is 0.139. The lowest BCUT2D eigenvalue weighted by atomic mass is 9.94. The van der Waals surface area contributed by atoms with Crippen LogP contribution >= 0.6 is 0 Å². The summed E-state index contributed by atoms with van der Waals surface area (Å²) in [5, 5.41) is 14.9. The Kier molecular flexibility index (Phi) is 3.65. The van der Waals surface area contributed by atoms with E-state index in [0.29, 0.717) is 19.5 Å². The lowest BCUT2D eigenvalue weighted by Gasteiger charge is -2.27. The highest BCUT2D eigenvalue weighted by Gasteiger charge is 2.26. The van der Waals surface area contributed by atoms with E-state index in [1.807, 2.05) is 0 Å². The molecule has 0 aromatic heterocycles. The van der Waals surface area contributed by atoms with Crippen molar-refractivity contribution in [3.8, 4) is 0 Å². The Bertz CT molecular complexity index is 176. The number of nitrogens with two attached hydrogens (primary N) is 1. The molecule has 1 aliphatic heterocycles. The van der Waals surface area contributed by atoms with Gasteiger partial charge in [0.2, 0.25) is 0 Å². The molecule has 0 atom stereocenters. The lowest BCUT2D eigenvalue weighted by molar-refractivity contribution is -0.137. The summed E-state index contributed by atoms with van der Waals surface area (Å²) in [6.07, 6.45) is 0.655. The quantitative estimate of drug-likeness (QED) is 0.443. The maximum absolute atomic E-state index is 10.4. The van der Waals surface area contributed by atoms with Gasteiger partial charge in [-0.3, -0.25) is 4.79 Å². The summed E-state index contributed by atoms with van der Waals surface area (Å²) in [6.45, 7) is 3.17. The van der Waals surface area contributed by atoms with E-state index < -0.39 is 11.5 Å². The Balaban J connectivity index is 2.37. The molecule has 76 valence electrons. The zero-order chi connectivity index (χ0) is 9.73. The number of nitrogens with one attached hydrogen (secondary N) is 2. The maximum Gasteiger partial charge on any atom is 0.303 e. The Morgan fingerprint density at radius 3 is 2.38 bits per heavy atom. The molecule has 1 saturated heterocycles. The first-order valence-electron chi connectivity index (χ1n) is 4.54. The number of aliphatic carboxylic acids is 1. The van der Waals surface area contributed by atoms with E-state index in [0.717, 1.165) is 13.1 Å². The maximum atomic E-state index is 10.4. The minimum Gasteiger partial charge on any atom is -0.481 e. The van der Waals surface area contributed by atoms with Crippen LogP contribution in [0, 0.1) is 0 Å². The summed E-state index contributed by atoms with van der Waals surface area (Å²) in [6, 6.07) is 0. The van der Waals surface area contributed by atoms with Crippen molar-refractivity contribution in [3.05, 3.63) is 0 Å². The Labute approximate surface area is 77.7 Å². The van der Waals surface area contributed by atoms with Gasteiger partial charge in [0.25, 0.3) is 0 Å². The van der Waals surface area contributed by atoms with Gasteiger partial charge in [-0.05, 0) is 6.42 Å². The van der Waals surface area contributed by atoms with Gasteiger partial charge < -0.3 is 21.5 Å². The molecular formula is C8H17N3O2. The summed E-state index contributed by atoms with van der Waals surface area (Å²) in [4.78, 5) is 10.4. The van der Waals surface area contributed by atoms with Crippen LogP contribution in [0.4, 0.5) is 0 Å². The lowest BCUT2D eigenvalue weighted by Crippen LogP contribution is -2.53. The van der Waals surface area contributed by atoms with E-state index in [9.17, 15) is 4.79 Å². The minimum atomic E-state index is -0.783. The standard InChI is InChI=1S/C8H17N3O2/c9-8(2-1-7(12)13)5-10-3-4-11-6-8/h10-11H,1-6,9H2,(H,12,13). The van der Waals surface area contributed by atoms with E-state index in [2.05, 4.69) is 10.6 Å². The first kappa shape index (κ1) is 10.4. The van der Waals surface area contributed by atoms with Gasteiger partial charge >= 0.3 is 5.97 Å². The number of rotatable bonds is 3. The number of hydrogen-bond acceptors (Lipinski definition) is 4. The molecule has 0 aliphatic carbocycles. The normalized spacial score (nSPS) is 22.2. The molecule has 0 spiro atoms. The summed E-state index contributed by atoms with van der Waals surface area (Å²) in [7, 11) is 0. The second-order valence-corrected chi connectivity index (χ2v) is 3.61. The van der Waals surface area contributed by atoms with Gasteiger partial charge in [-0.15, -0.1) is 0 Å². The molecule has 0 radical (unpaired) electrons. The molecule has 13 heavy (non-hydrogen) atoms. The van der Waals surface area contributed by atoms with E-state index in [1.165, 1.54) is 0 Å². The number of hydrogen-bond donors (Lipinski definition) is 4. The van der Waals surface area contributed by atoms with Gasteiger partial charge in [0.1, 0.15) is 0 Å². The average Bonchev–Trinajstić information content (AvgIpc) is 2.28. The first-order chi connectivity index (χ1) is 6.12. The van der Waals surface area contributed by atoms with Gasteiger partial charge in [0.15, 0.2) is 0 Å². The topological polar surface area (TPSA) is 87.4 Å². The van der Waals surface area contributed by atoms with Gasteiger partial charge in [0.05, 0.1) is 0 Å². The predicted octanol–water partition coefficient (Wildman–Crippen LogP) is -1.26. The highest BCUT2D eigenvalue weighted by atomic mass is 16.4. The van der Waals surface area contributed by atoms with Gasteiger partial charge in [-0.1, -0.05) is 0 Å². The zero-order valence-electron chi connectivity index (χ0n) is 7.68. The van der Waals surface area contributed by atoms with Crippen LogP contribution in [-0.4, -0.2) is 42.8 Å². The third-order valence-electron chi connectivity index (χ3n) is 2.27. The number of carbonyl (C=O) groups is 1. The van der Waals surface area contributed by atoms with Crippen LogP contribution in [0.15, 0.2) is 0 Å². The van der Waals surface area contributed by atoms with Crippen molar-refractivity contribution in [1.29, 1.82) is 0 Å². The van der Waals surface area contributed by atoms with Crippen molar-refractivity contribution in [2.75, 3.05) is 26.2 Å². The molecule has 1 heterocycles. The van der Waals surface area contributed by atoms with Crippen LogP contribution < -0.4 is 16.4 Å². The van der Waals surface area contributed by atoms with Crippen LogP contribution in [0.5, 0.6) is 0 Å². The van der Waals surface area contributed by atoms with E-state index in [4.69, 9.17) is 10.8 Å². The molecule has 5 N–H and O–H groups in total. The molecule has 1 fully saturated rings. The summed E-state index contributed by atoms with van der Waals surface area (Å²) in [5.41, 5.74) is 5.61. The molecule has 0 bridgehead atoms. The van der Waals surface area contributed by atoms with Crippen LogP contribution in [0.1, 0.15) is 12.8 Å². The Morgan fingerprint density at radius 2 is 1.92 bits per heavy atom. The summed E-state index contributed by atoms with van der Waals surface area (Å²) < 4.78 is 0. The molecule has 1 aliphatic rings. The molecule has 0 aromatic carbocycles. The fraction of sp³-hybridized carbons (Fsp3) is 0.875. The van der Waals surface area contributed by atoms with E-state index in [1.54, 1.807) is 0 Å². The third-order valence-corrected chi connectivity index (χ3v) is 2.27. The summed E-state index contributed by atoms with van der Waals surface area (Å²) >= 11 is 0. The zero-order valence-corrected chi connectivity index (χ0v) is 7.68. The molecule has 0 amide bonds. The number of carboxylic acids is 1. The SMILES string of the molecule is NC1(CCC(=O)O)CNCCNC1. The third kappa shape index (κ3) is 3.71. The van der Waals surface area contributed by atoms with Crippen LogP contribution in [0.25, 0.3) is 0 Å². The second-order valence-electron chi connectivity index (χ2n) is 3.61. The Hall–Kier alpha value is -0.650. The molecule has 0 unspecified atom stereocenters. The van der Waals surface area contributed by atoms with Crippen molar-refractivity contribution < 1.29 is 9.90 Å². The van der Waals surface area contributed by atoms with Crippen molar-refractivity contribution in [1.82, 2.24) is 10.6 Å². The fourth-order valence-electron chi connectivity index (χ4n) is 1.45. The van der Waals surface area contributed by atoms with Crippen molar-refractivity contribution in [2.45, 2.75) is 18.4 Å². The molecule has 0 saturated carbocycles. The molecule has 0 aromatic rings. The Morgan fingerprint density at radius 1 is 1.38 bits per heavy atom. The van der Waals surface area contributed by atoms with Gasteiger partial charge in [-0.25, -0.2) is 0 Å². The predicted molar refractivity (Wildman–Crippen MR) is 49.5 cm³/mol. The van der Waals surface area contributed by atoms with Gasteiger partial charge in [0, 0.05) is 38.1 Å². The van der Waals surface area contributed by atoms with Gasteiger partial charge in [-0.2, -0.15) is 0 Å². The van der Waals surface area contributed by atoms with E-state index >= 15 is 0 Å². The van der Waals surface area contributed by atoms with Crippen molar-refractivity contribution in [2.24, 2.45) is 5.73 Å². The van der Waals surface area contributed by atoms with Crippen molar-refractivity contribution in [3.63, 3.8) is 0 Å². The van der Waals surface area contributed by atoms with E-state index in [-0.39, 0.29) is 6.42 Å². The first-order valence-corrected chi connectivity index (χ1v) is 4.54. The largest absolute Gasteiger partial charge is 0.481 e. The molecule has 5 heteroatoms. The highest BCUT2D eigenvalue weighted by molar-refractivity contribution is 5.66. The van der Waals surface area contributed by atoms with Crippen molar-refractivity contribution >= 4 is 5.97 Å². The fourth-order valence-corrected chi connectivity index (χ4v) is 1.45. The average molecular weight is 187 g/mol. The van der Waals surface area contributed by atoms with Crippen LogP contribution in [0.3, 0.4) is 0 Å². The van der Waals surface area contributed by atoms with Crippen LogP contribution in [0.2, 0.25) is 0 Å². The number of carboxylic acid groups (broad SMARTS) is 1. The molecule has 5 nitrogen and oxygen atoms in total.